The largest absolute Gasteiger partial charge is 0.393 e. The predicted octanol–water partition coefficient (Wildman–Crippen LogP) is 1.92. The number of nitrogens with zero attached hydrogens (tertiary/aromatic N) is 1. The Morgan fingerprint density at radius 1 is 1.39 bits per heavy atom. The molecule has 0 aliphatic heterocycles. The Hall–Kier alpha value is -2.09. The molecule has 8 heteroatoms. The number of anilines is 2. The standard InChI is InChI=1S/C15H12BClFN3O2/c16-7-1-2-10(9(17)3-7)21-14-8(12(23)5-22)4-11-15(13(14)18)20-6-19-11/h1-4,6,12,21-23H,5H2,(H,19,20). The lowest BCUT2D eigenvalue weighted by atomic mass is 9.96. The van der Waals surface area contributed by atoms with Crippen molar-refractivity contribution in [2.75, 3.05) is 11.9 Å². The molecule has 4 N–H and O–H groups in total. The zero-order chi connectivity index (χ0) is 16.6. The van der Waals surface area contributed by atoms with Gasteiger partial charge in [0.05, 0.1) is 34.8 Å². The van der Waals surface area contributed by atoms with Gasteiger partial charge >= 0.3 is 0 Å². The van der Waals surface area contributed by atoms with E-state index in [1.54, 1.807) is 12.1 Å². The molecule has 5 nitrogen and oxygen atoms in total. The molecule has 2 aromatic carbocycles. The van der Waals surface area contributed by atoms with Crippen molar-refractivity contribution in [3.63, 3.8) is 0 Å². The molecule has 0 saturated carbocycles. The quantitative estimate of drug-likeness (QED) is 0.551. The number of nitrogens with one attached hydrogen (secondary N) is 2. The van der Waals surface area contributed by atoms with Gasteiger partial charge in [0, 0.05) is 5.56 Å². The number of benzene rings is 2. The van der Waals surface area contributed by atoms with Crippen molar-refractivity contribution in [3.05, 3.63) is 47.0 Å². The minimum absolute atomic E-state index is 0.00202. The van der Waals surface area contributed by atoms with Crippen LogP contribution in [0.4, 0.5) is 15.8 Å². The molecule has 0 bridgehead atoms. The highest BCUT2D eigenvalue weighted by atomic mass is 35.5. The molecule has 0 fully saturated rings. The fourth-order valence-corrected chi connectivity index (χ4v) is 2.55. The minimum atomic E-state index is -1.26. The van der Waals surface area contributed by atoms with Gasteiger partial charge in [-0.1, -0.05) is 23.1 Å². The van der Waals surface area contributed by atoms with Crippen LogP contribution in [0.5, 0.6) is 0 Å². The van der Waals surface area contributed by atoms with Crippen LogP contribution in [-0.4, -0.2) is 34.6 Å². The summed E-state index contributed by atoms with van der Waals surface area (Å²) in [6.45, 7) is -0.552. The summed E-state index contributed by atoms with van der Waals surface area (Å²) in [6.07, 6.45) is 0.0929. The Morgan fingerprint density at radius 2 is 2.17 bits per heavy atom. The average molecular weight is 332 g/mol. The maximum absolute atomic E-state index is 14.8. The van der Waals surface area contributed by atoms with E-state index in [1.807, 2.05) is 0 Å². The highest BCUT2D eigenvalue weighted by molar-refractivity contribution is 6.37. The molecule has 23 heavy (non-hydrogen) atoms. The van der Waals surface area contributed by atoms with Gasteiger partial charge in [0.1, 0.15) is 19.5 Å². The van der Waals surface area contributed by atoms with Gasteiger partial charge in [0.15, 0.2) is 5.82 Å². The minimum Gasteiger partial charge on any atom is -0.393 e. The second-order valence-corrected chi connectivity index (χ2v) is 5.42. The zero-order valence-electron chi connectivity index (χ0n) is 11.8. The zero-order valence-corrected chi connectivity index (χ0v) is 12.6. The van der Waals surface area contributed by atoms with E-state index in [9.17, 15) is 14.6 Å². The van der Waals surface area contributed by atoms with Crippen LogP contribution in [0, 0.1) is 5.82 Å². The van der Waals surface area contributed by atoms with Gasteiger partial charge < -0.3 is 20.5 Å². The maximum Gasteiger partial charge on any atom is 0.174 e. The van der Waals surface area contributed by atoms with Gasteiger partial charge in [0.2, 0.25) is 0 Å². The lowest BCUT2D eigenvalue weighted by Crippen LogP contribution is -2.09. The Kier molecular flexibility index (Phi) is 4.25. The SMILES string of the molecule is [B]c1ccc(Nc2c(C(O)CO)cc3[nH]cnc3c2F)c(Cl)c1. The van der Waals surface area contributed by atoms with Crippen molar-refractivity contribution in [2.45, 2.75) is 6.10 Å². The second kappa shape index (κ2) is 6.19. The van der Waals surface area contributed by atoms with Crippen LogP contribution in [0.1, 0.15) is 11.7 Å². The number of rotatable bonds is 4. The summed E-state index contributed by atoms with van der Waals surface area (Å²) < 4.78 is 14.8. The summed E-state index contributed by atoms with van der Waals surface area (Å²) in [6, 6.07) is 6.26. The molecule has 3 aromatic rings. The van der Waals surface area contributed by atoms with E-state index in [1.165, 1.54) is 18.5 Å². The second-order valence-electron chi connectivity index (χ2n) is 5.02. The third-order valence-electron chi connectivity index (χ3n) is 3.47. The Labute approximate surface area is 137 Å². The van der Waals surface area contributed by atoms with Gasteiger partial charge in [-0.05, 0) is 18.2 Å². The van der Waals surface area contributed by atoms with Gasteiger partial charge in [-0.25, -0.2) is 9.37 Å². The Balaban J connectivity index is 2.15. The maximum atomic E-state index is 14.8. The number of imidazole rings is 1. The molecule has 1 unspecified atom stereocenters. The van der Waals surface area contributed by atoms with Crippen molar-refractivity contribution in [2.24, 2.45) is 0 Å². The smallest absolute Gasteiger partial charge is 0.174 e. The van der Waals surface area contributed by atoms with Crippen LogP contribution in [-0.2, 0) is 0 Å². The number of aliphatic hydroxyl groups excluding tert-OH is 2. The number of aliphatic hydroxyl groups is 2. The molecule has 0 amide bonds. The summed E-state index contributed by atoms with van der Waals surface area (Å²) >= 11 is 6.10. The fourth-order valence-electron chi connectivity index (χ4n) is 2.32. The predicted molar refractivity (Wildman–Crippen MR) is 88.2 cm³/mol. The van der Waals surface area contributed by atoms with E-state index in [4.69, 9.17) is 19.4 Å². The topological polar surface area (TPSA) is 81.2 Å². The Bertz CT molecular complexity index is 871. The molecule has 0 spiro atoms. The first-order chi connectivity index (χ1) is 11.0. The molecule has 1 aromatic heterocycles. The van der Waals surface area contributed by atoms with E-state index >= 15 is 0 Å². The number of halogens is 2. The molecule has 1 atom stereocenters. The molecule has 2 radical (unpaired) electrons. The van der Waals surface area contributed by atoms with Crippen LogP contribution >= 0.6 is 11.6 Å². The molecular formula is C15H12BClFN3O2. The van der Waals surface area contributed by atoms with E-state index in [-0.39, 0.29) is 16.8 Å². The average Bonchev–Trinajstić information content (AvgIpc) is 3.00. The van der Waals surface area contributed by atoms with E-state index in [0.717, 1.165) is 0 Å². The van der Waals surface area contributed by atoms with Gasteiger partial charge in [-0.2, -0.15) is 0 Å². The molecular weight excluding hydrogens is 319 g/mol. The first-order valence-electron chi connectivity index (χ1n) is 6.77. The van der Waals surface area contributed by atoms with Crippen LogP contribution in [0.25, 0.3) is 11.0 Å². The molecule has 3 rings (SSSR count). The van der Waals surface area contributed by atoms with Crippen LogP contribution in [0.15, 0.2) is 30.6 Å². The fraction of sp³-hybridized carbons (Fsp3) is 0.133. The van der Waals surface area contributed by atoms with Gasteiger partial charge in [0.25, 0.3) is 0 Å². The highest BCUT2D eigenvalue weighted by Gasteiger charge is 2.21. The number of aromatic nitrogens is 2. The number of fused-ring (bicyclic) bond motifs is 1. The number of H-pyrrole nitrogens is 1. The summed E-state index contributed by atoms with van der Waals surface area (Å²) in [5.74, 6) is -0.654. The summed E-state index contributed by atoms with van der Waals surface area (Å²) in [5, 5.41) is 22.3. The third-order valence-corrected chi connectivity index (χ3v) is 3.78. The van der Waals surface area contributed by atoms with Crippen molar-refractivity contribution >= 4 is 47.3 Å². The first kappa shape index (κ1) is 15.8. The van der Waals surface area contributed by atoms with Crippen LogP contribution in [0.3, 0.4) is 0 Å². The normalized spacial score (nSPS) is 12.5. The molecule has 0 aliphatic rings. The number of aromatic amines is 1. The summed E-state index contributed by atoms with van der Waals surface area (Å²) in [4.78, 5) is 6.69. The highest BCUT2D eigenvalue weighted by Crippen LogP contribution is 2.34. The van der Waals surface area contributed by atoms with E-state index in [0.29, 0.717) is 21.7 Å². The number of hydrogen-bond acceptors (Lipinski definition) is 4. The Morgan fingerprint density at radius 3 is 2.87 bits per heavy atom. The van der Waals surface area contributed by atoms with E-state index in [2.05, 4.69) is 15.3 Å². The van der Waals surface area contributed by atoms with Crippen molar-refractivity contribution in [1.29, 1.82) is 0 Å². The molecule has 1 heterocycles. The monoisotopic (exact) mass is 331 g/mol. The lowest BCUT2D eigenvalue weighted by molar-refractivity contribution is 0.0960. The third kappa shape index (κ3) is 2.90. The van der Waals surface area contributed by atoms with Crippen LogP contribution < -0.4 is 10.8 Å². The number of hydrogen-bond donors (Lipinski definition) is 4. The van der Waals surface area contributed by atoms with Crippen molar-refractivity contribution in [1.82, 2.24) is 9.97 Å². The van der Waals surface area contributed by atoms with Gasteiger partial charge in [-0.3, -0.25) is 0 Å². The molecule has 0 aliphatic carbocycles. The summed E-state index contributed by atoms with van der Waals surface area (Å²) in [5.41, 5.74) is 1.61. The lowest BCUT2D eigenvalue weighted by Gasteiger charge is -2.17. The van der Waals surface area contributed by atoms with Crippen LogP contribution in [0.2, 0.25) is 5.02 Å². The summed E-state index contributed by atoms with van der Waals surface area (Å²) in [7, 11) is 5.64. The van der Waals surface area contributed by atoms with E-state index < -0.39 is 18.5 Å². The van der Waals surface area contributed by atoms with Gasteiger partial charge in [-0.15, -0.1) is 0 Å². The molecule has 116 valence electrons. The molecule has 0 saturated heterocycles. The first-order valence-corrected chi connectivity index (χ1v) is 7.15. The van der Waals surface area contributed by atoms with Crippen molar-refractivity contribution in [3.8, 4) is 0 Å². The van der Waals surface area contributed by atoms with Crippen molar-refractivity contribution < 1.29 is 14.6 Å².